The molecule has 6 heteroatoms. The van der Waals surface area contributed by atoms with E-state index < -0.39 is 0 Å². The molecule has 1 N–H and O–H groups in total. The molecule has 0 radical (unpaired) electrons. The van der Waals surface area contributed by atoms with Gasteiger partial charge in [-0.2, -0.15) is 0 Å². The van der Waals surface area contributed by atoms with Crippen LogP contribution in [-0.4, -0.2) is 19.6 Å². The number of benzene rings is 2. The third-order valence-electron chi connectivity index (χ3n) is 3.81. The molecule has 0 aromatic heterocycles. The molecule has 0 saturated heterocycles. The normalized spacial score (nSPS) is 11.9. The highest BCUT2D eigenvalue weighted by molar-refractivity contribution is 9.10. The Morgan fingerprint density at radius 2 is 1.88 bits per heavy atom. The molecule has 4 nitrogen and oxygen atoms in total. The van der Waals surface area contributed by atoms with Gasteiger partial charge in [0.15, 0.2) is 6.61 Å². The first-order valence-corrected chi connectivity index (χ1v) is 9.57. The number of methoxy groups -OCH3 is 1. The lowest BCUT2D eigenvalue weighted by Crippen LogP contribution is -2.33. The quantitative estimate of drug-likeness (QED) is 0.598. The zero-order chi connectivity index (χ0) is 19.1. The maximum atomic E-state index is 12.4. The fourth-order valence-corrected chi connectivity index (χ4v) is 3.35. The van der Waals surface area contributed by atoms with Crippen molar-refractivity contribution in [2.75, 3.05) is 13.7 Å². The van der Waals surface area contributed by atoms with Gasteiger partial charge in [-0.25, -0.2) is 0 Å². The topological polar surface area (TPSA) is 47.6 Å². The highest BCUT2D eigenvalue weighted by Gasteiger charge is 2.17. The molecular formula is C20H23BrClNO3. The van der Waals surface area contributed by atoms with Gasteiger partial charge >= 0.3 is 0 Å². The van der Waals surface area contributed by atoms with E-state index >= 15 is 0 Å². The van der Waals surface area contributed by atoms with Crippen molar-refractivity contribution in [3.8, 4) is 11.5 Å². The first-order chi connectivity index (χ1) is 12.4. The molecule has 26 heavy (non-hydrogen) atoms. The smallest absolute Gasteiger partial charge is 0.258 e. The van der Waals surface area contributed by atoms with Crippen LogP contribution in [0, 0.1) is 5.92 Å². The molecular weight excluding hydrogens is 418 g/mol. The van der Waals surface area contributed by atoms with E-state index in [1.54, 1.807) is 25.3 Å². The van der Waals surface area contributed by atoms with Crippen LogP contribution in [0.4, 0.5) is 0 Å². The number of rotatable bonds is 8. The highest BCUT2D eigenvalue weighted by Crippen LogP contribution is 2.28. The lowest BCUT2D eigenvalue weighted by Gasteiger charge is -2.21. The van der Waals surface area contributed by atoms with Gasteiger partial charge in [-0.15, -0.1) is 0 Å². The van der Waals surface area contributed by atoms with Crippen molar-refractivity contribution in [3.63, 3.8) is 0 Å². The number of carbonyl (C=O) groups is 1. The Balaban J connectivity index is 2.01. The first kappa shape index (κ1) is 20.6. The standard InChI is InChI=1S/C20H23BrClNO3/c1-13(2)10-18(14-4-7-16(25-3)8-5-14)23-20(24)12-26-19-9-6-15(22)11-17(19)21/h4-9,11,13,18H,10,12H2,1-3H3,(H,23,24)/t18-/m0/s1. The second-order valence-corrected chi connectivity index (χ2v) is 7.68. The minimum Gasteiger partial charge on any atom is -0.497 e. The predicted molar refractivity (Wildman–Crippen MR) is 108 cm³/mol. The Bertz CT molecular complexity index is 734. The third-order valence-corrected chi connectivity index (χ3v) is 4.67. The Morgan fingerprint density at radius 1 is 1.19 bits per heavy atom. The summed E-state index contributed by atoms with van der Waals surface area (Å²) in [5, 5.41) is 3.66. The van der Waals surface area contributed by atoms with E-state index in [0.717, 1.165) is 17.7 Å². The molecule has 0 aliphatic rings. The van der Waals surface area contributed by atoms with Gasteiger partial charge in [-0.1, -0.05) is 37.6 Å². The first-order valence-electron chi connectivity index (χ1n) is 8.40. The van der Waals surface area contributed by atoms with Gasteiger partial charge in [-0.05, 0) is 64.2 Å². The monoisotopic (exact) mass is 439 g/mol. The van der Waals surface area contributed by atoms with Crippen LogP contribution < -0.4 is 14.8 Å². The predicted octanol–water partition coefficient (Wildman–Crippen LogP) is 5.39. The molecule has 0 bridgehead atoms. The Morgan fingerprint density at radius 3 is 2.46 bits per heavy atom. The number of hydrogen-bond acceptors (Lipinski definition) is 3. The van der Waals surface area contributed by atoms with Crippen molar-refractivity contribution < 1.29 is 14.3 Å². The molecule has 0 aliphatic carbocycles. The van der Waals surface area contributed by atoms with Gasteiger partial charge in [0.2, 0.25) is 0 Å². The molecule has 2 aromatic rings. The second kappa shape index (κ2) is 9.83. The Kier molecular flexibility index (Phi) is 7.79. The summed E-state index contributed by atoms with van der Waals surface area (Å²) in [4.78, 5) is 12.4. The zero-order valence-corrected chi connectivity index (χ0v) is 17.4. The summed E-state index contributed by atoms with van der Waals surface area (Å²) in [7, 11) is 1.63. The third kappa shape index (κ3) is 6.22. The summed E-state index contributed by atoms with van der Waals surface area (Å²) in [6.45, 7) is 4.19. The molecule has 0 saturated carbocycles. The van der Waals surface area contributed by atoms with Gasteiger partial charge in [0.05, 0.1) is 17.6 Å². The summed E-state index contributed by atoms with van der Waals surface area (Å²) in [6, 6.07) is 12.9. The van der Waals surface area contributed by atoms with Crippen molar-refractivity contribution in [2.24, 2.45) is 5.92 Å². The summed E-state index contributed by atoms with van der Waals surface area (Å²) >= 11 is 9.29. The Labute approximate surface area is 168 Å². The van der Waals surface area contributed by atoms with E-state index in [4.69, 9.17) is 21.1 Å². The fraction of sp³-hybridized carbons (Fsp3) is 0.350. The minimum atomic E-state index is -0.173. The number of hydrogen-bond donors (Lipinski definition) is 1. The van der Waals surface area contributed by atoms with Crippen LogP contribution >= 0.6 is 27.5 Å². The summed E-state index contributed by atoms with van der Waals surface area (Å²) in [5.74, 6) is 1.63. The van der Waals surface area contributed by atoms with E-state index in [0.29, 0.717) is 21.2 Å². The Hall–Kier alpha value is -1.72. The summed E-state index contributed by atoms with van der Waals surface area (Å²) < 4.78 is 11.5. The van der Waals surface area contributed by atoms with E-state index in [9.17, 15) is 4.79 Å². The van der Waals surface area contributed by atoms with Crippen LogP contribution in [0.3, 0.4) is 0 Å². The van der Waals surface area contributed by atoms with E-state index in [-0.39, 0.29) is 18.6 Å². The lowest BCUT2D eigenvalue weighted by atomic mass is 9.97. The maximum Gasteiger partial charge on any atom is 0.258 e. The van der Waals surface area contributed by atoms with Crippen molar-refractivity contribution in [2.45, 2.75) is 26.3 Å². The molecule has 1 amide bonds. The van der Waals surface area contributed by atoms with Crippen molar-refractivity contribution >= 4 is 33.4 Å². The van der Waals surface area contributed by atoms with Gasteiger partial charge in [-0.3, -0.25) is 4.79 Å². The number of carbonyl (C=O) groups excluding carboxylic acids is 1. The minimum absolute atomic E-state index is 0.0645. The van der Waals surface area contributed by atoms with Gasteiger partial charge in [0.25, 0.3) is 5.91 Å². The largest absolute Gasteiger partial charge is 0.497 e. The van der Waals surface area contributed by atoms with Crippen LogP contribution in [0.15, 0.2) is 46.9 Å². The fourth-order valence-electron chi connectivity index (χ4n) is 2.56. The molecule has 2 rings (SSSR count). The van der Waals surface area contributed by atoms with E-state index in [2.05, 4.69) is 35.1 Å². The van der Waals surface area contributed by atoms with Crippen molar-refractivity contribution in [1.82, 2.24) is 5.32 Å². The molecule has 0 spiro atoms. The van der Waals surface area contributed by atoms with Crippen LogP contribution in [-0.2, 0) is 4.79 Å². The van der Waals surface area contributed by atoms with Crippen LogP contribution in [0.2, 0.25) is 5.02 Å². The summed E-state index contributed by atoms with van der Waals surface area (Å²) in [6.07, 6.45) is 0.836. The van der Waals surface area contributed by atoms with Gasteiger partial charge < -0.3 is 14.8 Å². The van der Waals surface area contributed by atoms with E-state index in [1.807, 2.05) is 24.3 Å². The van der Waals surface area contributed by atoms with Gasteiger partial charge in [0, 0.05) is 5.02 Å². The molecule has 0 heterocycles. The molecule has 0 fully saturated rings. The molecule has 140 valence electrons. The van der Waals surface area contributed by atoms with Crippen LogP contribution in [0.5, 0.6) is 11.5 Å². The van der Waals surface area contributed by atoms with Crippen LogP contribution in [0.25, 0.3) is 0 Å². The number of ether oxygens (including phenoxy) is 2. The number of amides is 1. The second-order valence-electron chi connectivity index (χ2n) is 6.39. The van der Waals surface area contributed by atoms with E-state index in [1.165, 1.54) is 0 Å². The maximum absolute atomic E-state index is 12.4. The summed E-state index contributed by atoms with van der Waals surface area (Å²) in [5.41, 5.74) is 1.04. The molecule has 2 aromatic carbocycles. The SMILES string of the molecule is COc1ccc([C@H](CC(C)C)NC(=O)COc2ccc(Cl)cc2Br)cc1. The molecule has 0 unspecified atom stereocenters. The zero-order valence-electron chi connectivity index (χ0n) is 15.1. The van der Waals surface area contributed by atoms with Crippen molar-refractivity contribution in [1.29, 1.82) is 0 Å². The van der Waals surface area contributed by atoms with Crippen molar-refractivity contribution in [3.05, 3.63) is 57.5 Å². The number of nitrogens with one attached hydrogen (secondary N) is 1. The number of halogens is 2. The molecule has 1 atom stereocenters. The van der Waals surface area contributed by atoms with Crippen LogP contribution in [0.1, 0.15) is 31.9 Å². The molecule has 0 aliphatic heterocycles. The lowest BCUT2D eigenvalue weighted by molar-refractivity contribution is -0.124. The highest BCUT2D eigenvalue weighted by atomic mass is 79.9. The van der Waals surface area contributed by atoms with Gasteiger partial charge in [0.1, 0.15) is 11.5 Å². The average molecular weight is 441 g/mol. The average Bonchev–Trinajstić information content (AvgIpc) is 2.60.